The summed E-state index contributed by atoms with van der Waals surface area (Å²) >= 11 is 0. The van der Waals surface area contributed by atoms with Crippen LogP contribution >= 0.6 is 0 Å². The quantitative estimate of drug-likeness (QED) is 0.665. The lowest BCUT2D eigenvalue weighted by Crippen LogP contribution is -2.48. The summed E-state index contributed by atoms with van der Waals surface area (Å²) in [5.41, 5.74) is 1.77. The lowest BCUT2D eigenvalue weighted by molar-refractivity contribution is -0.133. The molecule has 7 nitrogen and oxygen atoms in total. The van der Waals surface area contributed by atoms with Gasteiger partial charge in [0.15, 0.2) is 0 Å². The SMILES string of the molecule is CCCC(C(=O)NC=O)N(C=O)C(=O)c1cc(NC(C)C)ccc1C. The maximum atomic E-state index is 12.9. The summed E-state index contributed by atoms with van der Waals surface area (Å²) < 4.78 is 0. The van der Waals surface area contributed by atoms with Gasteiger partial charge in [-0.1, -0.05) is 19.4 Å². The van der Waals surface area contributed by atoms with Gasteiger partial charge in [0.1, 0.15) is 6.04 Å². The second-order valence-corrected chi connectivity index (χ2v) is 6.08. The Morgan fingerprint density at radius 1 is 1.24 bits per heavy atom. The molecule has 25 heavy (non-hydrogen) atoms. The van der Waals surface area contributed by atoms with Crippen molar-refractivity contribution in [2.75, 3.05) is 5.32 Å². The molecule has 0 aliphatic carbocycles. The van der Waals surface area contributed by atoms with Gasteiger partial charge in [0.25, 0.3) is 5.91 Å². The molecular weight excluding hydrogens is 322 g/mol. The van der Waals surface area contributed by atoms with E-state index in [4.69, 9.17) is 0 Å². The van der Waals surface area contributed by atoms with Gasteiger partial charge in [-0.25, -0.2) is 0 Å². The fourth-order valence-electron chi connectivity index (χ4n) is 2.50. The molecule has 2 N–H and O–H groups in total. The Kier molecular flexibility index (Phi) is 7.78. The Morgan fingerprint density at radius 3 is 2.44 bits per heavy atom. The van der Waals surface area contributed by atoms with Crippen LogP contribution in [-0.2, 0) is 14.4 Å². The minimum absolute atomic E-state index is 0.180. The Hall–Kier alpha value is -2.70. The minimum atomic E-state index is -1.03. The minimum Gasteiger partial charge on any atom is -0.383 e. The molecule has 0 fully saturated rings. The van der Waals surface area contributed by atoms with Crippen LogP contribution in [-0.4, -0.2) is 41.6 Å². The summed E-state index contributed by atoms with van der Waals surface area (Å²) in [5, 5.41) is 5.22. The maximum absolute atomic E-state index is 12.9. The fraction of sp³-hybridized carbons (Fsp3) is 0.444. The van der Waals surface area contributed by atoms with E-state index in [-0.39, 0.29) is 18.9 Å². The molecule has 1 unspecified atom stereocenters. The first-order valence-electron chi connectivity index (χ1n) is 8.24. The van der Waals surface area contributed by atoms with Gasteiger partial charge in [-0.05, 0) is 44.9 Å². The first-order valence-corrected chi connectivity index (χ1v) is 8.24. The van der Waals surface area contributed by atoms with Gasteiger partial charge in [-0.3, -0.25) is 29.4 Å². The van der Waals surface area contributed by atoms with Crippen LogP contribution in [0.5, 0.6) is 0 Å². The number of hydrogen-bond donors (Lipinski definition) is 2. The lowest BCUT2D eigenvalue weighted by atomic mass is 10.0. The number of hydrogen-bond acceptors (Lipinski definition) is 5. The van der Waals surface area contributed by atoms with Crippen LogP contribution in [0.2, 0.25) is 0 Å². The molecule has 4 amide bonds. The largest absolute Gasteiger partial charge is 0.383 e. The first kappa shape index (κ1) is 20.3. The van der Waals surface area contributed by atoms with Gasteiger partial charge in [0.2, 0.25) is 18.7 Å². The van der Waals surface area contributed by atoms with Gasteiger partial charge < -0.3 is 5.32 Å². The Labute approximate surface area is 147 Å². The number of nitrogens with zero attached hydrogens (tertiary/aromatic N) is 1. The summed E-state index contributed by atoms with van der Waals surface area (Å²) in [7, 11) is 0. The van der Waals surface area contributed by atoms with Gasteiger partial charge in [0.05, 0.1) is 0 Å². The van der Waals surface area contributed by atoms with Crippen molar-refractivity contribution in [3.8, 4) is 0 Å². The highest BCUT2D eigenvalue weighted by atomic mass is 16.2. The van der Waals surface area contributed by atoms with Gasteiger partial charge in [0, 0.05) is 17.3 Å². The molecule has 0 heterocycles. The van der Waals surface area contributed by atoms with Crippen LogP contribution in [0.4, 0.5) is 5.69 Å². The monoisotopic (exact) mass is 347 g/mol. The first-order chi connectivity index (χ1) is 11.8. The van der Waals surface area contributed by atoms with E-state index in [0.717, 1.165) is 10.6 Å². The highest BCUT2D eigenvalue weighted by Crippen LogP contribution is 2.19. The van der Waals surface area contributed by atoms with E-state index in [1.807, 2.05) is 32.2 Å². The van der Waals surface area contributed by atoms with E-state index in [0.29, 0.717) is 24.0 Å². The molecule has 0 saturated heterocycles. The van der Waals surface area contributed by atoms with Crippen LogP contribution in [0.25, 0.3) is 0 Å². The molecule has 1 rings (SSSR count). The summed E-state index contributed by atoms with van der Waals surface area (Å²) in [6, 6.07) is 4.44. The van der Waals surface area contributed by atoms with Gasteiger partial charge in [-0.15, -0.1) is 0 Å². The number of nitrogens with one attached hydrogen (secondary N) is 2. The number of benzene rings is 1. The molecule has 1 aromatic carbocycles. The van der Waals surface area contributed by atoms with Crippen molar-refractivity contribution in [1.82, 2.24) is 10.2 Å². The van der Waals surface area contributed by atoms with Crippen molar-refractivity contribution in [3.05, 3.63) is 29.3 Å². The predicted octanol–water partition coefficient (Wildman–Crippen LogP) is 1.86. The summed E-state index contributed by atoms with van der Waals surface area (Å²) in [4.78, 5) is 47.9. The third-order valence-electron chi connectivity index (χ3n) is 3.67. The molecule has 0 radical (unpaired) electrons. The molecule has 136 valence electrons. The molecule has 0 aromatic heterocycles. The number of anilines is 1. The van der Waals surface area contributed by atoms with Crippen molar-refractivity contribution < 1.29 is 19.2 Å². The number of amides is 4. The number of carbonyl (C=O) groups excluding carboxylic acids is 4. The molecule has 1 aromatic rings. The van der Waals surface area contributed by atoms with E-state index in [2.05, 4.69) is 5.32 Å². The second-order valence-electron chi connectivity index (χ2n) is 6.08. The average molecular weight is 347 g/mol. The van der Waals surface area contributed by atoms with Crippen molar-refractivity contribution in [1.29, 1.82) is 0 Å². The highest BCUT2D eigenvalue weighted by molar-refractivity contribution is 6.05. The zero-order valence-electron chi connectivity index (χ0n) is 15.0. The van der Waals surface area contributed by atoms with E-state index >= 15 is 0 Å². The Bertz CT molecular complexity index is 643. The molecule has 0 aliphatic heterocycles. The standard InChI is InChI=1S/C18H25N3O4/c1-5-6-16(17(24)19-10-22)21(11-23)18(25)15-9-14(20-12(2)3)8-7-13(15)4/h7-12,16,20H,5-6H2,1-4H3,(H,19,22,24). The Morgan fingerprint density at radius 2 is 1.92 bits per heavy atom. The van der Waals surface area contributed by atoms with Gasteiger partial charge in [-0.2, -0.15) is 0 Å². The summed E-state index contributed by atoms with van der Waals surface area (Å²) in [6.07, 6.45) is 1.43. The van der Waals surface area contributed by atoms with E-state index < -0.39 is 17.9 Å². The molecule has 0 spiro atoms. The zero-order valence-corrected chi connectivity index (χ0v) is 15.0. The third-order valence-corrected chi connectivity index (χ3v) is 3.67. The van der Waals surface area contributed by atoms with Crippen LogP contribution in [0, 0.1) is 6.92 Å². The number of imide groups is 2. The van der Waals surface area contributed by atoms with Crippen molar-refractivity contribution in [2.45, 2.75) is 52.6 Å². The third kappa shape index (κ3) is 5.41. The fourth-order valence-corrected chi connectivity index (χ4v) is 2.50. The van der Waals surface area contributed by atoms with Crippen LogP contribution in [0.15, 0.2) is 18.2 Å². The van der Waals surface area contributed by atoms with Crippen LogP contribution < -0.4 is 10.6 Å². The second kappa shape index (κ2) is 9.56. The number of rotatable bonds is 9. The van der Waals surface area contributed by atoms with Crippen LogP contribution in [0.3, 0.4) is 0 Å². The zero-order chi connectivity index (χ0) is 19.0. The molecule has 1 atom stereocenters. The summed E-state index contributed by atoms with van der Waals surface area (Å²) in [6.45, 7) is 7.53. The maximum Gasteiger partial charge on any atom is 0.261 e. The predicted molar refractivity (Wildman–Crippen MR) is 95.1 cm³/mol. The molecule has 0 saturated carbocycles. The molecule has 0 aliphatic rings. The van der Waals surface area contributed by atoms with E-state index in [1.165, 1.54) is 0 Å². The summed E-state index contributed by atoms with van der Waals surface area (Å²) in [5.74, 6) is -1.24. The van der Waals surface area contributed by atoms with Crippen molar-refractivity contribution >= 4 is 30.3 Å². The lowest BCUT2D eigenvalue weighted by Gasteiger charge is -2.25. The van der Waals surface area contributed by atoms with Gasteiger partial charge >= 0.3 is 0 Å². The van der Waals surface area contributed by atoms with E-state index in [1.54, 1.807) is 19.1 Å². The normalized spacial score (nSPS) is 11.6. The van der Waals surface area contributed by atoms with Crippen molar-refractivity contribution in [2.24, 2.45) is 0 Å². The smallest absolute Gasteiger partial charge is 0.261 e. The number of aryl methyl sites for hydroxylation is 1. The van der Waals surface area contributed by atoms with Crippen molar-refractivity contribution in [3.63, 3.8) is 0 Å². The molecule has 7 heteroatoms. The average Bonchev–Trinajstić information content (AvgIpc) is 2.56. The van der Waals surface area contributed by atoms with E-state index in [9.17, 15) is 19.2 Å². The number of carbonyl (C=O) groups is 4. The molecular formula is C18H25N3O4. The molecule has 0 bridgehead atoms. The highest BCUT2D eigenvalue weighted by Gasteiger charge is 2.30. The Balaban J connectivity index is 3.21. The topological polar surface area (TPSA) is 95.6 Å². The van der Waals surface area contributed by atoms with Crippen LogP contribution in [0.1, 0.15) is 49.5 Å².